The molecule has 3 heterocycles. The Morgan fingerprint density at radius 1 is 1.29 bits per heavy atom. The number of carbonyl (C=O) groups is 2. The van der Waals surface area contributed by atoms with Crippen molar-refractivity contribution in [1.29, 1.82) is 0 Å². The standard InChI is InChI=1S/C19H22FN5O3/c1-19(17(26)27)8-9-24(11-19)18(28)21-14-6-7-15-22-23-16(25(15)10-14)12-2-4-13(20)5-3-12/h2-5,14H,6-11H2,1H3,(H,21,28)(H,26,27). The molecular weight excluding hydrogens is 365 g/mol. The van der Waals surface area contributed by atoms with Gasteiger partial charge in [-0.25, -0.2) is 9.18 Å². The number of nitrogens with zero attached hydrogens (tertiary/aromatic N) is 4. The van der Waals surface area contributed by atoms with Crippen molar-refractivity contribution < 1.29 is 19.1 Å². The van der Waals surface area contributed by atoms with Crippen molar-refractivity contribution in [1.82, 2.24) is 25.0 Å². The zero-order chi connectivity index (χ0) is 19.9. The Kier molecular flexibility index (Phi) is 4.52. The fourth-order valence-corrected chi connectivity index (χ4v) is 3.83. The molecule has 1 fully saturated rings. The fourth-order valence-electron chi connectivity index (χ4n) is 3.83. The number of nitrogens with one attached hydrogen (secondary N) is 1. The van der Waals surface area contributed by atoms with Crippen LogP contribution in [0.4, 0.5) is 9.18 Å². The number of aryl methyl sites for hydroxylation is 1. The van der Waals surface area contributed by atoms with Crippen molar-refractivity contribution >= 4 is 12.0 Å². The van der Waals surface area contributed by atoms with Crippen molar-refractivity contribution in [3.05, 3.63) is 35.9 Å². The van der Waals surface area contributed by atoms with Crippen LogP contribution in [-0.4, -0.2) is 55.9 Å². The van der Waals surface area contributed by atoms with Crippen LogP contribution in [0.2, 0.25) is 0 Å². The molecule has 2 aliphatic rings. The Balaban J connectivity index is 1.44. The van der Waals surface area contributed by atoms with E-state index in [0.29, 0.717) is 31.8 Å². The smallest absolute Gasteiger partial charge is 0.317 e. The number of likely N-dealkylation sites (tertiary alicyclic amines) is 1. The molecule has 0 aliphatic carbocycles. The van der Waals surface area contributed by atoms with Gasteiger partial charge in [0.15, 0.2) is 5.82 Å². The molecule has 1 saturated heterocycles. The van der Waals surface area contributed by atoms with Crippen LogP contribution >= 0.6 is 0 Å². The minimum Gasteiger partial charge on any atom is -0.481 e. The van der Waals surface area contributed by atoms with Gasteiger partial charge in [0.2, 0.25) is 0 Å². The predicted molar refractivity (Wildman–Crippen MR) is 98.0 cm³/mol. The van der Waals surface area contributed by atoms with Gasteiger partial charge in [0.05, 0.1) is 5.41 Å². The van der Waals surface area contributed by atoms with E-state index < -0.39 is 11.4 Å². The second-order valence-corrected chi connectivity index (χ2v) is 7.78. The molecule has 2 atom stereocenters. The number of halogens is 1. The van der Waals surface area contributed by atoms with Gasteiger partial charge in [-0.15, -0.1) is 10.2 Å². The number of fused-ring (bicyclic) bond motifs is 1. The van der Waals surface area contributed by atoms with Crippen LogP contribution in [-0.2, 0) is 17.8 Å². The van der Waals surface area contributed by atoms with Crippen LogP contribution in [0.3, 0.4) is 0 Å². The molecule has 148 valence electrons. The maximum atomic E-state index is 13.2. The van der Waals surface area contributed by atoms with E-state index in [2.05, 4.69) is 15.5 Å². The van der Waals surface area contributed by atoms with E-state index in [1.54, 1.807) is 24.0 Å². The molecule has 2 unspecified atom stereocenters. The van der Waals surface area contributed by atoms with Crippen LogP contribution in [0.25, 0.3) is 11.4 Å². The SMILES string of the molecule is CC1(C(=O)O)CCN(C(=O)NC2CCc3nnc(-c4ccc(F)cc4)n3C2)C1. The number of urea groups is 1. The monoisotopic (exact) mass is 387 g/mol. The summed E-state index contributed by atoms with van der Waals surface area (Å²) in [5.74, 6) is 0.294. The fraction of sp³-hybridized carbons (Fsp3) is 0.474. The zero-order valence-corrected chi connectivity index (χ0v) is 15.6. The van der Waals surface area contributed by atoms with Gasteiger partial charge in [0.1, 0.15) is 11.6 Å². The number of carboxylic acid groups (broad SMARTS) is 1. The summed E-state index contributed by atoms with van der Waals surface area (Å²) in [5, 5.41) is 20.8. The lowest BCUT2D eigenvalue weighted by Crippen LogP contribution is -2.48. The van der Waals surface area contributed by atoms with Gasteiger partial charge in [0, 0.05) is 37.7 Å². The first-order valence-electron chi connectivity index (χ1n) is 9.32. The highest BCUT2D eigenvalue weighted by atomic mass is 19.1. The molecule has 9 heteroatoms. The van der Waals surface area contributed by atoms with Crippen molar-refractivity contribution in [2.75, 3.05) is 13.1 Å². The van der Waals surface area contributed by atoms with E-state index in [0.717, 1.165) is 17.8 Å². The number of aliphatic carboxylic acids is 1. The molecule has 0 bridgehead atoms. The van der Waals surface area contributed by atoms with Crippen LogP contribution in [0.1, 0.15) is 25.6 Å². The van der Waals surface area contributed by atoms with Gasteiger partial charge in [-0.1, -0.05) is 0 Å². The van der Waals surface area contributed by atoms with E-state index in [4.69, 9.17) is 0 Å². The molecule has 2 amide bonds. The highest BCUT2D eigenvalue weighted by Gasteiger charge is 2.42. The average Bonchev–Trinajstić information content (AvgIpc) is 3.27. The van der Waals surface area contributed by atoms with Crippen molar-refractivity contribution in [3.63, 3.8) is 0 Å². The van der Waals surface area contributed by atoms with E-state index in [1.807, 2.05) is 4.57 Å². The number of benzene rings is 1. The molecule has 0 saturated carbocycles. The zero-order valence-electron chi connectivity index (χ0n) is 15.6. The average molecular weight is 387 g/mol. The minimum absolute atomic E-state index is 0.105. The van der Waals surface area contributed by atoms with Gasteiger partial charge in [-0.3, -0.25) is 4.79 Å². The first-order chi connectivity index (χ1) is 13.4. The van der Waals surface area contributed by atoms with E-state index in [1.165, 1.54) is 12.1 Å². The van der Waals surface area contributed by atoms with Crippen LogP contribution in [0, 0.1) is 11.2 Å². The summed E-state index contributed by atoms with van der Waals surface area (Å²) >= 11 is 0. The molecule has 1 aromatic carbocycles. The minimum atomic E-state index is -0.888. The molecule has 2 aromatic rings. The van der Waals surface area contributed by atoms with Crippen LogP contribution in [0.5, 0.6) is 0 Å². The number of carboxylic acids is 1. The highest BCUT2D eigenvalue weighted by molar-refractivity contribution is 5.79. The summed E-state index contributed by atoms with van der Waals surface area (Å²) in [5.41, 5.74) is -0.120. The number of aromatic nitrogens is 3. The molecule has 0 radical (unpaired) electrons. The Hall–Kier alpha value is -2.97. The lowest BCUT2D eigenvalue weighted by molar-refractivity contribution is -0.147. The van der Waals surface area contributed by atoms with Gasteiger partial charge in [-0.2, -0.15) is 0 Å². The first-order valence-corrected chi connectivity index (χ1v) is 9.32. The van der Waals surface area contributed by atoms with Crippen molar-refractivity contribution in [2.45, 2.75) is 38.8 Å². The first kappa shape index (κ1) is 18.4. The highest BCUT2D eigenvalue weighted by Crippen LogP contribution is 2.30. The third-order valence-corrected chi connectivity index (χ3v) is 5.65. The summed E-state index contributed by atoms with van der Waals surface area (Å²) < 4.78 is 15.1. The summed E-state index contributed by atoms with van der Waals surface area (Å²) in [4.78, 5) is 25.6. The van der Waals surface area contributed by atoms with Gasteiger partial charge < -0.3 is 19.9 Å². The quantitative estimate of drug-likeness (QED) is 0.838. The van der Waals surface area contributed by atoms with Crippen LogP contribution < -0.4 is 5.32 Å². The topological polar surface area (TPSA) is 100 Å². The summed E-state index contributed by atoms with van der Waals surface area (Å²) in [6.45, 7) is 2.83. The van der Waals surface area contributed by atoms with Gasteiger partial charge >= 0.3 is 12.0 Å². The largest absolute Gasteiger partial charge is 0.481 e. The molecule has 0 spiro atoms. The molecule has 4 rings (SSSR count). The molecule has 1 aromatic heterocycles. The van der Waals surface area contributed by atoms with E-state index >= 15 is 0 Å². The van der Waals surface area contributed by atoms with E-state index in [-0.39, 0.29) is 24.4 Å². The Labute approximate surface area is 161 Å². The number of carbonyl (C=O) groups excluding carboxylic acids is 1. The molecule has 8 nitrogen and oxygen atoms in total. The predicted octanol–water partition coefficient (Wildman–Crippen LogP) is 1.91. The van der Waals surface area contributed by atoms with Gasteiger partial charge in [-0.05, 0) is 44.0 Å². The third-order valence-electron chi connectivity index (χ3n) is 5.65. The maximum absolute atomic E-state index is 13.2. The van der Waals surface area contributed by atoms with Gasteiger partial charge in [0.25, 0.3) is 0 Å². The lowest BCUT2D eigenvalue weighted by Gasteiger charge is -2.28. The number of hydrogen-bond donors (Lipinski definition) is 2. The number of amides is 2. The molecular formula is C19H22FN5O3. The summed E-state index contributed by atoms with van der Waals surface area (Å²) in [7, 11) is 0. The third kappa shape index (κ3) is 3.32. The van der Waals surface area contributed by atoms with E-state index in [9.17, 15) is 19.1 Å². The van der Waals surface area contributed by atoms with Crippen molar-refractivity contribution in [2.24, 2.45) is 5.41 Å². The van der Waals surface area contributed by atoms with Crippen molar-refractivity contribution in [3.8, 4) is 11.4 Å². The van der Waals surface area contributed by atoms with Crippen LogP contribution in [0.15, 0.2) is 24.3 Å². The number of hydrogen-bond acceptors (Lipinski definition) is 4. The second kappa shape index (κ2) is 6.88. The molecule has 28 heavy (non-hydrogen) atoms. The Morgan fingerprint density at radius 3 is 2.71 bits per heavy atom. The second-order valence-electron chi connectivity index (χ2n) is 7.78. The molecule has 2 aliphatic heterocycles. The normalized spacial score (nSPS) is 24.1. The molecule has 2 N–H and O–H groups in total. The summed E-state index contributed by atoms with van der Waals surface area (Å²) in [6, 6.07) is 5.73. The maximum Gasteiger partial charge on any atom is 0.317 e. The Morgan fingerprint density at radius 2 is 2.04 bits per heavy atom. The lowest BCUT2D eigenvalue weighted by atomic mass is 9.90. The Bertz CT molecular complexity index is 913. The summed E-state index contributed by atoms with van der Waals surface area (Å²) in [6.07, 6.45) is 1.86. The number of rotatable bonds is 3.